The molecule has 1 unspecified atom stereocenters. The summed E-state index contributed by atoms with van der Waals surface area (Å²) in [4.78, 5) is 52.2. The van der Waals surface area contributed by atoms with E-state index in [4.69, 9.17) is 4.74 Å². The monoisotopic (exact) mass is 418 g/mol. The Balaban J connectivity index is 2.43. The number of rotatable bonds is 7. The van der Waals surface area contributed by atoms with Crippen molar-refractivity contribution < 1.29 is 33.8 Å². The average molecular weight is 418 g/mol. The lowest BCUT2D eigenvalue weighted by Crippen LogP contribution is -2.48. The Morgan fingerprint density at radius 1 is 1.20 bits per heavy atom. The highest BCUT2D eigenvalue weighted by molar-refractivity contribution is 6.06. The minimum Gasteiger partial charge on any atom is -0.497 e. The number of ether oxygens (including phenoxy) is 2. The number of nitrogens with zero attached hydrogens (tertiary/aromatic N) is 2. The van der Waals surface area contributed by atoms with Crippen LogP contribution in [0.1, 0.15) is 29.6 Å². The Labute approximate surface area is 174 Å². The van der Waals surface area contributed by atoms with Crippen molar-refractivity contribution in [2.24, 2.45) is 5.41 Å². The highest BCUT2D eigenvalue weighted by Gasteiger charge is 2.46. The lowest BCUT2D eigenvalue weighted by molar-refractivity contribution is -0.143. The largest absolute Gasteiger partial charge is 0.497 e. The van der Waals surface area contributed by atoms with Crippen LogP contribution in [0, 0.1) is 5.41 Å². The molecule has 9 nitrogen and oxygen atoms in total. The van der Waals surface area contributed by atoms with Gasteiger partial charge in [0.2, 0.25) is 5.91 Å². The summed E-state index contributed by atoms with van der Waals surface area (Å²) in [7, 11) is 2.74. The van der Waals surface area contributed by atoms with Gasteiger partial charge in [0.05, 0.1) is 19.6 Å². The number of allylic oxidation sites excluding steroid dienone is 1. The molecule has 0 aromatic heterocycles. The molecule has 3 amide bonds. The first-order valence-electron chi connectivity index (χ1n) is 9.44. The number of benzene rings is 1. The normalized spacial score (nSPS) is 19.1. The highest BCUT2D eigenvalue weighted by Crippen LogP contribution is 2.35. The number of carboxylic acid groups (broad SMARTS) is 1. The number of esters is 1. The van der Waals surface area contributed by atoms with Crippen LogP contribution < -0.4 is 4.74 Å². The fourth-order valence-corrected chi connectivity index (χ4v) is 3.53. The summed E-state index contributed by atoms with van der Waals surface area (Å²) < 4.78 is 9.76. The third kappa shape index (κ3) is 4.97. The van der Waals surface area contributed by atoms with Crippen LogP contribution in [0.2, 0.25) is 0 Å². The Morgan fingerprint density at radius 3 is 2.40 bits per heavy atom. The number of carbonyl (C=O) groups excluding carboxylic acids is 3. The zero-order valence-electron chi connectivity index (χ0n) is 17.1. The molecule has 0 saturated carbocycles. The number of methoxy groups -OCH3 is 2. The Kier molecular flexibility index (Phi) is 7.57. The fourth-order valence-electron chi connectivity index (χ4n) is 3.53. The Bertz CT molecular complexity index is 821. The molecule has 1 fully saturated rings. The van der Waals surface area contributed by atoms with E-state index < -0.39 is 29.3 Å². The summed E-state index contributed by atoms with van der Waals surface area (Å²) in [6, 6.07) is 6.29. The SMILES string of the molecule is C=CCC1(CCC(=O)OC)CN(C(=O)O)CCN(C(=O)c2ccc(OC)cc2)C1=O. The van der Waals surface area contributed by atoms with Crippen molar-refractivity contribution in [1.29, 1.82) is 0 Å². The first kappa shape index (κ1) is 22.9. The molecule has 0 spiro atoms. The van der Waals surface area contributed by atoms with Crippen LogP contribution in [-0.4, -0.2) is 72.6 Å². The van der Waals surface area contributed by atoms with Gasteiger partial charge in [-0.1, -0.05) is 6.08 Å². The van der Waals surface area contributed by atoms with E-state index in [9.17, 15) is 24.3 Å². The van der Waals surface area contributed by atoms with Gasteiger partial charge in [-0.05, 0) is 37.1 Å². The van der Waals surface area contributed by atoms with Gasteiger partial charge in [0.15, 0.2) is 0 Å². The molecule has 1 aliphatic heterocycles. The quantitative estimate of drug-likeness (QED) is 0.410. The summed E-state index contributed by atoms with van der Waals surface area (Å²) in [5.41, 5.74) is -1.03. The van der Waals surface area contributed by atoms with Crippen LogP contribution in [0.4, 0.5) is 4.79 Å². The molecule has 0 radical (unpaired) electrons. The van der Waals surface area contributed by atoms with E-state index in [1.807, 2.05) is 0 Å². The molecular weight excluding hydrogens is 392 g/mol. The van der Waals surface area contributed by atoms with Crippen LogP contribution in [0.3, 0.4) is 0 Å². The maximum absolute atomic E-state index is 13.5. The molecule has 1 atom stereocenters. The maximum atomic E-state index is 13.5. The van der Waals surface area contributed by atoms with Crippen molar-refractivity contribution >= 4 is 23.9 Å². The van der Waals surface area contributed by atoms with Gasteiger partial charge in [-0.25, -0.2) is 4.79 Å². The molecule has 2 rings (SSSR count). The van der Waals surface area contributed by atoms with Crippen molar-refractivity contribution in [1.82, 2.24) is 9.80 Å². The number of imide groups is 1. The van der Waals surface area contributed by atoms with Crippen molar-refractivity contribution in [2.75, 3.05) is 33.9 Å². The molecule has 1 saturated heterocycles. The van der Waals surface area contributed by atoms with Crippen LogP contribution in [0.25, 0.3) is 0 Å². The molecule has 30 heavy (non-hydrogen) atoms. The molecule has 1 N–H and O–H groups in total. The zero-order chi connectivity index (χ0) is 22.3. The highest BCUT2D eigenvalue weighted by atomic mass is 16.5. The van der Waals surface area contributed by atoms with E-state index in [2.05, 4.69) is 11.3 Å². The average Bonchev–Trinajstić information content (AvgIpc) is 2.89. The van der Waals surface area contributed by atoms with E-state index in [1.54, 1.807) is 12.1 Å². The van der Waals surface area contributed by atoms with Gasteiger partial charge >= 0.3 is 12.1 Å². The van der Waals surface area contributed by atoms with E-state index in [0.29, 0.717) is 5.75 Å². The predicted octanol–water partition coefficient (Wildman–Crippen LogP) is 2.17. The van der Waals surface area contributed by atoms with E-state index in [-0.39, 0.29) is 44.5 Å². The summed E-state index contributed by atoms with van der Waals surface area (Å²) in [6.45, 7) is 3.42. The van der Waals surface area contributed by atoms with Gasteiger partial charge in [0, 0.05) is 31.6 Å². The molecule has 1 heterocycles. The number of amides is 3. The third-order valence-corrected chi connectivity index (χ3v) is 5.21. The molecular formula is C21H26N2O7. The fraction of sp³-hybridized carbons (Fsp3) is 0.429. The lowest BCUT2D eigenvalue weighted by Gasteiger charge is -2.34. The van der Waals surface area contributed by atoms with Gasteiger partial charge < -0.3 is 19.5 Å². The summed E-state index contributed by atoms with van der Waals surface area (Å²) in [5.74, 6) is -1.03. The van der Waals surface area contributed by atoms with Gasteiger partial charge in [-0.15, -0.1) is 6.58 Å². The lowest BCUT2D eigenvalue weighted by atomic mass is 9.78. The van der Waals surface area contributed by atoms with Gasteiger partial charge in [-0.3, -0.25) is 19.3 Å². The third-order valence-electron chi connectivity index (χ3n) is 5.21. The summed E-state index contributed by atoms with van der Waals surface area (Å²) in [5, 5.41) is 9.55. The zero-order valence-corrected chi connectivity index (χ0v) is 17.1. The molecule has 1 aliphatic rings. The first-order chi connectivity index (χ1) is 14.3. The topological polar surface area (TPSA) is 113 Å². The van der Waals surface area contributed by atoms with Crippen LogP contribution in [0.15, 0.2) is 36.9 Å². The molecule has 9 heteroatoms. The minimum atomic E-state index is -1.30. The van der Waals surface area contributed by atoms with Crippen molar-refractivity contribution in [3.63, 3.8) is 0 Å². The van der Waals surface area contributed by atoms with Crippen molar-refractivity contribution in [2.45, 2.75) is 19.3 Å². The second-order valence-electron chi connectivity index (χ2n) is 7.04. The van der Waals surface area contributed by atoms with Gasteiger partial charge in [-0.2, -0.15) is 0 Å². The van der Waals surface area contributed by atoms with Crippen LogP contribution in [-0.2, 0) is 14.3 Å². The Hall–Kier alpha value is -3.36. The smallest absolute Gasteiger partial charge is 0.407 e. The standard InChI is InChI=1S/C21H26N2O7/c1-4-10-21(11-9-17(24)30-3)14-22(20(27)28)12-13-23(19(21)26)18(25)15-5-7-16(29-2)8-6-15/h4-8H,1,9-14H2,2-3H3,(H,27,28). The second kappa shape index (κ2) is 9.91. The number of hydrogen-bond donors (Lipinski definition) is 1. The van der Waals surface area contributed by atoms with E-state index >= 15 is 0 Å². The van der Waals surface area contributed by atoms with Gasteiger partial charge in [0.25, 0.3) is 5.91 Å². The first-order valence-corrected chi connectivity index (χ1v) is 9.44. The maximum Gasteiger partial charge on any atom is 0.407 e. The van der Waals surface area contributed by atoms with E-state index in [0.717, 1.165) is 9.80 Å². The van der Waals surface area contributed by atoms with Gasteiger partial charge in [0.1, 0.15) is 5.75 Å². The molecule has 0 aliphatic carbocycles. The molecule has 1 aromatic rings. The number of carbonyl (C=O) groups is 4. The molecule has 1 aromatic carbocycles. The number of hydrogen-bond acceptors (Lipinski definition) is 6. The van der Waals surface area contributed by atoms with Crippen LogP contribution >= 0.6 is 0 Å². The van der Waals surface area contributed by atoms with Crippen molar-refractivity contribution in [3.8, 4) is 5.75 Å². The van der Waals surface area contributed by atoms with E-state index in [1.165, 1.54) is 32.4 Å². The predicted molar refractivity (Wildman–Crippen MR) is 107 cm³/mol. The van der Waals surface area contributed by atoms with Crippen LogP contribution in [0.5, 0.6) is 5.75 Å². The molecule has 0 bridgehead atoms. The Morgan fingerprint density at radius 2 is 1.87 bits per heavy atom. The second-order valence-corrected chi connectivity index (χ2v) is 7.04. The van der Waals surface area contributed by atoms with Crippen molar-refractivity contribution in [3.05, 3.63) is 42.5 Å². The molecule has 162 valence electrons. The summed E-state index contributed by atoms with van der Waals surface area (Å²) >= 11 is 0. The summed E-state index contributed by atoms with van der Waals surface area (Å²) in [6.07, 6.45) is 0.345. The minimum absolute atomic E-state index is 0.0277.